The Morgan fingerprint density at radius 2 is 1.80 bits per heavy atom. The number of hydrogen-bond donors (Lipinski definition) is 1. The second-order valence-electron chi connectivity index (χ2n) is 7.62. The van der Waals surface area contributed by atoms with Gasteiger partial charge in [-0.05, 0) is 50.5 Å². The fraction of sp³-hybridized carbons (Fsp3) is 0.417. The Morgan fingerprint density at radius 1 is 1.10 bits per heavy atom. The molecule has 30 heavy (non-hydrogen) atoms. The molecular formula is C24H31BrN2O2S. The summed E-state index contributed by atoms with van der Waals surface area (Å²) < 4.78 is 0.956. The molecule has 0 aliphatic rings. The van der Waals surface area contributed by atoms with E-state index in [0.29, 0.717) is 12.3 Å². The van der Waals surface area contributed by atoms with Crippen LogP contribution in [0.4, 0.5) is 0 Å². The molecule has 0 saturated carbocycles. The molecule has 162 valence electrons. The standard InChI is InChI=1S/C24H31BrN2O2S/c1-5-18(3)26-24(29)19(4)27(14-21-7-6-8-22(25)13-21)23(28)16-30-15-20-11-9-17(2)10-12-20/h6-13,18-19H,5,14-16H2,1-4H3,(H,26,29)/t18-,19+/m1/s1. The summed E-state index contributed by atoms with van der Waals surface area (Å²) in [7, 11) is 0. The van der Waals surface area contributed by atoms with Gasteiger partial charge in [-0.25, -0.2) is 0 Å². The highest BCUT2D eigenvalue weighted by atomic mass is 79.9. The van der Waals surface area contributed by atoms with E-state index in [1.807, 2.05) is 38.1 Å². The van der Waals surface area contributed by atoms with E-state index < -0.39 is 6.04 Å². The molecule has 0 aliphatic heterocycles. The average molecular weight is 491 g/mol. The number of carbonyl (C=O) groups excluding carboxylic acids is 2. The Labute approximate surface area is 192 Å². The third kappa shape index (κ3) is 7.80. The van der Waals surface area contributed by atoms with Crippen LogP contribution in [0, 0.1) is 6.92 Å². The molecule has 0 heterocycles. The van der Waals surface area contributed by atoms with E-state index in [0.717, 1.165) is 22.2 Å². The second-order valence-corrected chi connectivity index (χ2v) is 9.53. The molecule has 4 nitrogen and oxygen atoms in total. The maximum Gasteiger partial charge on any atom is 0.242 e. The number of thioether (sulfide) groups is 1. The summed E-state index contributed by atoms with van der Waals surface area (Å²) in [5, 5.41) is 3.00. The molecule has 0 bridgehead atoms. The molecule has 1 N–H and O–H groups in total. The number of carbonyl (C=O) groups is 2. The van der Waals surface area contributed by atoms with Gasteiger partial charge in [0.25, 0.3) is 0 Å². The van der Waals surface area contributed by atoms with E-state index in [4.69, 9.17) is 0 Å². The van der Waals surface area contributed by atoms with Gasteiger partial charge < -0.3 is 10.2 Å². The van der Waals surface area contributed by atoms with Crippen LogP contribution in [0.1, 0.15) is 43.9 Å². The van der Waals surface area contributed by atoms with Gasteiger partial charge in [-0.2, -0.15) is 0 Å². The third-order valence-electron chi connectivity index (χ3n) is 5.03. The van der Waals surface area contributed by atoms with Crippen LogP contribution in [0.15, 0.2) is 53.0 Å². The molecule has 2 rings (SSSR count). The van der Waals surface area contributed by atoms with E-state index in [1.54, 1.807) is 23.6 Å². The smallest absolute Gasteiger partial charge is 0.242 e. The van der Waals surface area contributed by atoms with Crippen LogP contribution in [0.5, 0.6) is 0 Å². The molecule has 0 spiro atoms. The Balaban J connectivity index is 2.07. The normalized spacial score (nSPS) is 12.8. The SMILES string of the molecule is CC[C@@H](C)NC(=O)[C@H](C)N(Cc1cccc(Br)c1)C(=O)CSCc1ccc(C)cc1. The van der Waals surface area contributed by atoms with Gasteiger partial charge in [0.1, 0.15) is 6.04 Å². The van der Waals surface area contributed by atoms with E-state index in [2.05, 4.69) is 52.4 Å². The monoisotopic (exact) mass is 490 g/mol. The minimum absolute atomic E-state index is 0.0288. The molecular weight excluding hydrogens is 460 g/mol. The molecule has 0 fully saturated rings. The second kappa shape index (κ2) is 12.2. The summed E-state index contributed by atoms with van der Waals surface area (Å²) in [6, 6.07) is 15.7. The lowest BCUT2D eigenvalue weighted by atomic mass is 10.1. The lowest BCUT2D eigenvalue weighted by Crippen LogP contribution is -2.50. The summed E-state index contributed by atoms with van der Waals surface area (Å²) >= 11 is 5.06. The molecule has 6 heteroatoms. The van der Waals surface area contributed by atoms with E-state index in [-0.39, 0.29) is 17.9 Å². The molecule has 0 aromatic heterocycles. The van der Waals surface area contributed by atoms with Crippen LogP contribution in [-0.4, -0.2) is 34.6 Å². The number of nitrogens with one attached hydrogen (secondary N) is 1. The lowest BCUT2D eigenvalue weighted by molar-refractivity contribution is -0.138. The van der Waals surface area contributed by atoms with Crippen LogP contribution in [0.25, 0.3) is 0 Å². The highest BCUT2D eigenvalue weighted by molar-refractivity contribution is 9.10. The number of benzene rings is 2. The van der Waals surface area contributed by atoms with Crippen molar-refractivity contribution in [2.45, 2.75) is 58.5 Å². The Morgan fingerprint density at radius 3 is 2.43 bits per heavy atom. The number of aryl methyl sites for hydroxylation is 1. The molecule has 2 amide bonds. The topological polar surface area (TPSA) is 49.4 Å². The first-order valence-electron chi connectivity index (χ1n) is 10.3. The fourth-order valence-electron chi connectivity index (χ4n) is 2.90. The van der Waals surface area contributed by atoms with Crippen molar-refractivity contribution in [3.63, 3.8) is 0 Å². The Kier molecular flexibility index (Phi) is 9.92. The number of hydrogen-bond acceptors (Lipinski definition) is 3. The van der Waals surface area contributed by atoms with Crippen LogP contribution < -0.4 is 5.32 Å². The number of halogens is 1. The van der Waals surface area contributed by atoms with Gasteiger partial charge >= 0.3 is 0 Å². The van der Waals surface area contributed by atoms with Crippen molar-refractivity contribution >= 4 is 39.5 Å². The van der Waals surface area contributed by atoms with Crippen molar-refractivity contribution in [3.05, 3.63) is 69.7 Å². The maximum atomic E-state index is 13.1. The van der Waals surface area contributed by atoms with Crippen molar-refractivity contribution in [2.75, 3.05) is 5.75 Å². The summed E-state index contributed by atoms with van der Waals surface area (Å²) in [5.74, 6) is 0.961. The maximum absolute atomic E-state index is 13.1. The van der Waals surface area contributed by atoms with Crippen molar-refractivity contribution in [3.8, 4) is 0 Å². The van der Waals surface area contributed by atoms with Crippen molar-refractivity contribution in [2.24, 2.45) is 0 Å². The predicted molar refractivity (Wildman–Crippen MR) is 129 cm³/mol. The van der Waals surface area contributed by atoms with Gasteiger partial charge in [0.15, 0.2) is 0 Å². The quantitative estimate of drug-likeness (QED) is 0.489. The van der Waals surface area contributed by atoms with Crippen molar-refractivity contribution < 1.29 is 9.59 Å². The molecule has 0 unspecified atom stereocenters. The largest absolute Gasteiger partial charge is 0.352 e. The number of amides is 2. The van der Waals surface area contributed by atoms with E-state index in [9.17, 15) is 9.59 Å². The van der Waals surface area contributed by atoms with Crippen molar-refractivity contribution in [1.82, 2.24) is 10.2 Å². The van der Waals surface area contributed by atoms with Gasteiger partial charge in [0.05, 0.1) is 5.75 Å². The summed E-state index contributed by atoms with van der Waals surface area (Å²) in [5.41, 5.74) is 3.41. The van der Waals surface area contributed by atoms with Crippen LogP contribution in [0.2, 0.25) is 0 Å². The van der Waals surface area contributed by atoms with Gasteiger partial charge in [-0.1, -0.05) is 64.8 Å². The summed E-state index contributed by atoms with van der Waals surface area (Å²) in [6.45, 7) is 8.27. The molecule has 0 aliphatic carbocycles. The highest BCUT2D eigenvalue weighted by Gasteiger charge is 2.26. The first-order valence-corrected chi connectivity index (χ1v) is 12.2. The molecule has 2 aromatic carbocycles. The summed E-state index contributed by atoms with van der Waals surface area (Å²) in [6.07, 6.45) is 0.852. The van der Waals surface area contributed by atoms with Crippen molar-refractivity contribution in [1.29, 1.82) is 0 Å². The highest BCUT2D eigenvalue weighted by Crippen LogP contribution is 2.18. The minimum Gasteiger partial charge on any atom is -0.352 e. The van der Waals surface area contributed by atoms with Crippen LogP contribution >= 0.6 is 27.7 Å². The lowest BCUT2D eigenvalue weighted by Gasteiger charge is -2.29. The van der Waals surface area contributed by atoms with Gasteiger partial charge in [0, 0.05) is 22.8 Å². The van der Waals surface area contributed by atoms with Crippen LogP contribution in [-0.2, 0) is 21.9 Å². The van der Waals surface area contributed by atoms with E-state index in [1.165, 1.54) is 11.1 Å². The molecule has 0 radical (unpaired) electrons. The molecule has 2 aromatic rings. The molecule has 2 atom stereocenters. The van der Waals surface area contributed by atoms with Crippen LogP contribution in [0.3, 0.4) is 0 Å². The Bertz CT molecular complexity index is 841. The first kappa shape index (κ1) is 24.5. The third-order valence-corrected chi connectivity index (χ3v) is 6.51. The zero-order chi connectivity index (χ0) is 22.1. The Hall–Kier alpha value is -1.79. The molecule has 0 saturated heterocycles. The van der Waals surface area contributed by atoms with Gasteiger partial charge in [-0.3, -0.25) is 9.59 Å². The number of nitrogens with zero attached hydrogens (tertiary/aromatic N) is 1. The number of rotatable bonds is 10. The minimum atomic E-state index is -0.537. The van der Waals surface area contributed by atoms with Gasteiger partial charge in [0.2, 0.25) is 11.8 Å². The zero-order valence-electron chi connectivity index (χ0n) is 18.2. The summed E-state index contributed by atoms with van der Waals surface area (Å²) in [4.78, 5) is 27.5. The average Bonchev–Trinajstić information content (AvgIpc) is 2.72. The fourth-order valence-corrected chi connectivity index (χ4v) is 4.22. The predicted octanol–water partition coefficient (Wildman–Crippen LogP) is 5.32. The van der Waals surface area contributed by atoms with E-state index >= 15 is 0 Å². The zero-order valence-corrected chi connectivity index (χ0v) is 20.6. The first-order chi connectivity index (χ1) is 14.3. The van der Waals surface area contributed by atoms with Gasteiger partial charge in [-0.15, -0.1) is 11.8 Å².